The maximum Gasteiger partial charge on any atom is 0.107 e. The van der Waals surface area contributed by atoms with Crippen LogP contribution < -0.4 is 11.1 Å². The van der Waals surface area contributed by atoms with Crippen LogP contribution >= 0.6 is 24.0 Å². The minimum Gasteiger partial charge on any atom is -0.389 e. The van der Waals surface area contributed by atoms with E-state index in [4.69, 9.17) is 18.0 Å². The molecule has 19 heavy (non-hydrogen) atoms. The molecule has 1 aromatic carbocycles. The number of rotatable bonds is 6. The zero-order valence-electron chi connectivity index (χ0n) is 11.4. The van der Waals surface area contributed by atoms with Crippen molar-refractivity contribution in [1.82, 2.24) is 0 Å². The molecule has 1 saturated carbocycles. The lowest BCUT2D eigenvalue weighted by molar-refractivity contribution is 0.518. The van der Waals surface area contributed by atoms with Gasteiger partial charge in [-0.2, -0.15) is 0 Å². The highest BCUT2D eigenvalue weighted by molar-refractivity contribution is 7.98. The predicted molar refractivity (Wildman–Crippen MR) is 89.2 cm³/mol. The predicted octanol–water partition coefficient (Wildman–Crippen LogP) is 4.03. The molecule has 1 aliphatic rings. The Hall–Kier alpha value is -0.740. The Morgan fingerprint density at radius 3 is 2.79 bits per heavy atom. The first-order valence-corrected chi connectivity index (χ1v) is 8.56. The van der Waals surface area contributed by atoms with Gasteiger partial charge in [0.15, 0.2) is 0 Å². The van der Waals surface area contributed by atoms with Crippen LogP contribution in [-0.2, 0) is 0 Å². The molecule has 0 saturated heterocycles. The number of thioether (sulfide) groups is 1. The van der Waals surface area contributed by atoms with Crippen molar-refractivity contribution in [2.45, 2.75) is 37.0 Å². The van der Waals surface area contributed by atoms with Crippen LogP contribution in [-0.4, -0.2) is 17.8 Å². The van der Waals surface area contributed by atoms with Gasteiger partial charge in [-0.1, -0.05) is 44.0 Å². The molecule has 3 N–H and O–H groups in total. The van der Waals surface area contributed by atoms with E-state index in [1.54, 1.807) is 11.8 Å². The molecule has 2 rings (SSSR count). The molecule has 1 aromatic rings. The minimum atomic E-state index is 0.480. The molecule has 0 aromatic heterocycles. The second-order valence-electron chi connectivity index (χ2n) is 5.11. The zero-order valence-corrected chi connectivity index (χ0v) is 13.1. The van der Waals surface area contributed by atoms with Gasteiger partial charge in [0.1, 0.15) is 4.99 Å². The molecule has 0 unspecified atom stereocenters. The first-order chi connectivity index (χ1) is 9.22. The smallest absolute Gasteiger partial charge is 0.107 e. The lowest BCUT2D eigenvalue weighted by Gasteiger charge is -2.15. The van der Waals surface area contributed by atoms with E-state index in [0.29, 0.717) is 4.99 Å². The average molecular weight is 294 g/mol. The zero-order chi connectivity index (χ0) is 13.7. The highest BCUT2D eigenvalue weighted by Gasteiger charge is 2.15. The lowest BCUT2D eigenvalue weighted by atomic mass is 10.0. The maximum atomic E-state index is 5.86. The van der Waals surface area contributed by atoms with Gasteiger partial charge in [-0.15, -0.1) is 11.8 Å². The molecule has 1 aliphatic carbocycles. The van der Waals surface area contributed by atoms with Crippen LogP contribution in [0.2, 0.25) is 0 Å². The summed E-state index contributed by atoms with van der Waals surface area (Å²) < 4.78 is 0. The molecule has 0 radical (unpaired) electrons. The van der Waals surface area contributed by atoms with Gasteiger partial charge in [-0.3, -0.25) is 0 Å². The normalized spacial score (nSPS) is 15.6. The Balaban J connectivity index is 2.00. The Bertz CT molecular complexity index is 440. The van der Waals surface area contributed by atoms with Crippen molar-refractivity contribution < 1.29 is 0 Å². The molecule has 2 nitrogen and oxygen atoms in total. The van der Waals surface area contributed by atoms with E-state index in [2.05, 4.69) is 29.8 Å². The third-order valence-corrected chi connectivity index (χ3v) is 4.82. The highest BCUT2D eigenvalue weighted by Crippen LogP contribution is 2.29. The summed E-state index contributed by atoms with van der Waals surface area (Å²) in [7, 11) is 0. The monoisotopic (exact) mass is 294 g/mol. The van der Waals surface area contributed by atoms with Crippen LogP contribution in [0.4, 0.5) is 5.69 Å². The summed E-state index contributed by atoms with van der Waals surface area (Å²) in [5.41, 5.74) is 7.94. The van der Waals surface area contributed by atoms with Crippen LogP contribution in [0.1, 0.15) is 37.7 Å². The fraction of sp³-hybridized carbons (Fsp3) is 0.533. The fourth-order valence-corrected chi connectivity index (χ4v) is 3.74. The van der Waals surface area contributed by atoms with Gasteiger partial charge < -0.3 is 11.1 Å². The van der Waals surface area contributed by atoms with E-state index >= 15 is 0 Å². The molecule has 0 amide bonds. The van der Waals surface area contributed by atoms with Crippen LogP contribution in [0.3, 0.4) is 0 Å². The second kappa shape index (κ2) is 7.15. The van der Waals surface area contributed by atoms with Crippen molar-refractivity contribution >= 4 is 34.7 Å². The van der Waals surface area contributed by atoms with E-state index in [1.807, 2.05) is 0 Å². The van der Waals surface area contributed by atoms with Gasteiger partial charge in [-0.25, -0.2) is 0 Å². The van der Waals surface area contributed by atoms with Crippen molar-refractivity contribution in [2.24, 2.45) is 11.7 Å². The lowest BCUT2D eigenvalue weighted by Crippen LogP contribution is -2.15. The molecule has 0 aliphatic heterocycles. The summed E-state index contributed by atoms with van der Waals surface area (Å²) in [5.74, 6) is 0.907. The summed E-state index contributed by atoms with van der Waals surface area (Å²) in [5, 5.41) is 3.52. The van der Waals surface area contributed by atoms with Gasteiger partial charge in [0, 0.05) is 22.7 Å². The van der Waals surface area contributed by atoms with E-state index < -0.39 is 0 Å². The molecular weight excluding hydrogens is 272 g/mol. The number of nitrogens with one attached hydrogen (secondary N) is 1. The summed E-state index contributed by atoms with van der Waals surface area (Å²) in [6.45, 7) is 1.01. The van der Waals surface area contributed by atoms with E-state index in [9.17, 15) is 0 Å². The Kier molecular flexibility index (Phi) is 5.52. The summed E-state index contributed by atoms with van der Waals surface area (Å²) >= 11 is 6.87. The Morgan fingerprint density at radius 2 is 2.16 bits per heavy atom. The van der Waals surface area contributed by atoms with Crippen LogP contribution in [0.5, 0.6) is 0 Å². The third-order valence-electron chi connectivity index (χ3n) is 3.84. The molecule has 0 bridgehead atoms. The molecule has 1 fully saturated rings. The summed E-state index contributed by atoms with van der Waals surface area (Å²) in [4.78, 5) is 1.63. The highest BCUT2D eigenvalue weighted by atomic mass is 32.2. The number of benzene rings is 1. The quantitative estimate of drug-likeness (QED) is 0.613. The largest absolute Gasteiger partial charge is 0.389 e. The molecular formula is C15H22N2S2. The molecule has 0 spiro atoms. The van der Waals surface area contributed by atoms with Gasteiger partial charge >= 0.3 is 0 Å². The summed E-state index contributed by atoms with van der Waals surface area (Å²) in [6, 6.07) is 6.20. The molecule has 0 atom stereocenters. The molecule has 4 heteroatoms. The summed E-state index contributed by atoms with van der Waals surface area (Å²) in [6.07, 6.45) is 8.92. The van der Waals surface area contributed by atoms with Crippen molar-refractivity contribution in [3.05, 3.63) is 23.8 Å². The number of hydrogen-bond acceptors (Lipinski definition) is 3. The number of nitrogens with two attached hydrogens (primary N) is 1. The standard InChI is InChI=1S/C15H22N2S2/c1-19-13-8-4-7-12(14(13)15(16)18)17-10-9-11-5-2-3-6-11/h4,7-8,11,17H,2-3,5-6,9-10H2,1H3,(H2,16,18). The number of thiocarbonyl (C=S) groups is 1. The SMILES string of the molecule is CSc1cccc(NCCC2CCCC2)c1C(N)=S. The van der Waals surface area contributed by atoms with Crippen molar-refractivity contribution in [1.29, 1.82) is 0 Å². The Morgan fingerprint density at radius 1 is 1.42 bits per heavy atom. The number of anilines is 1. The van der Waals surface area contributed by atoms with Crippen molar-refractivity contribution in [3.63, 3.8) is 0 Å². The Labute approximate surface area is 125 Å². The second-order valence-corrected chi connectivity index (χ2v) is 6.40. The third kappa shape index (κ3) is 3.86. The molecule has 104 valence electrons. The van der Waals surface area contributed by atoms with Crippen LogP contribution in [0.15, 0.2) is 23.1 Å². The fourth-order valence-electron chi connectivity index (χ4n) is 2.81. The average Bonchev–Trinajstić information content (AvgIpc) is 2.91. The van der Waals surface area contributed by atoms with E-state index in [-0.39, 0.29) is 0 Å². The molecule has 0 heterocycles. The van der Waals surface area contributed by atoms with E-state index in [0.717, 1.165) is 28.6 Å². The van der Waals surface area contributed by atoms with Crippen LogP contribution in [0, 0.1) is 5.92 Å². The van der Waals surface area contributed by atoms with Crippen molar-refractivity contribution in [2.75, 3.05) is 18.1 Å². The van der Waals surface area contributed by atoms with E-state index in [1.165, 1.54) is 32.1 Å². The first-order valence-electron chi connectivity index (χ1n) is 6.93. The van der Waals surface area contributed by atoms with Crippen molar-refractivity contribution in [3.8, 4) is 0 Å². The maximum absolute atomic E-state index is 5.86. The van der Waals surface area contributed by atoms with Gasteiger partial charge in [0.2, 0.25) is 0 Å². The topological polar surface area (TPSA) is 38.0 Å². The first kappa shape index (κ1) is 14.7. The van der Waals surface area contributed by atoms with Crippen LogP contribution in [0.25, 0.3) is 0 Å². The van der Waals surface area contributed by atoms with Gasteiger partial charge in [0.25, 0.3) is 0 Å². The van der Waals surface area contributed by atoms with Gasteiger partial charge in [-0.05, 0) is 30.7 Å². The number of hydrogen-bond donors (Lipinski definition) is 2. The minimum absolute atomic E-state index is 0.480. The van der Waals surface area contributed by atoms with Gasteiger partial charge in [0.05, 0.1) is 0 Å².